The van der Waals surface area contributed by atoms with Crippen molar-refractivity contribution in [1.29, 1.82) is 0 Å². The Morgan fingerprint density at radius 2 is 1.67 bits per heavy atom. The summed E-state index contributed by atoms with van der Waals surface area (Å²) in [6.07, 6.45) is 0. The van der Waals surface area contributed by atoms with Crippen molar-refractivity contribution in [2.45, 2.75) is 6.92 Å². The molecule has 1 aromatic rings. The van der Waals surface area contributed by atoms with E-state index in [0.29, 0.717) is 0 Å². The van der Waals surface area contributed by atoms with E-state index in [-0.39, 0.29) is 0 Å². The maximum Gasteiger partial charge on any atom is 0.163 e. The molecule has 0 bridgehead atoms. The van der Waals surface area contributed by atoms with E-state index >= 15 is 0 Å². The van der Waals surface area contributed by atoms with E-state index in [1.807, 2.05) is 26.9 Å². The van der Waals surface area contributed by atoms with Gasteiger partial charge in [-0.2, -0.15) is 0 Å². The van der Waals surface area contributed by atoms with Crippen LogP contribution in [0.15, 0.2) is 12.1 Å². The van der Waals surface area contributed by atoms with Crippen LogP contribution in [0.3, 0.4) is 0 Å². The quantitative estimate of drug-likeness (QED) is 0.584. The van der Waals surface area contributed by atoms with Crippen molar-refractivity contribution in [1.82, 2.24) is 0 Å². The average Bonchev–Trinajstić information content (AvgIpc) is 2.08. The molecule has 0 saturated heterocycles. The topological polar surface area (TPSA) is 18.5 Å². The van der Waals surface area contributed by atoms with Gasteiger partial charge in [0.2, 0.25) is 0 Å². The second-order valence-electron chi connectivity index (χ2n) is 2.77. The Hall–Kier alpha value is -1.12. The summed E-state index contributed by atoms with van der Waals surface area (Å²) in [4.78, 5) is 0. The van der Waals surface area contributed by atoms with Crippen LogP contribution in [-0.2, 0) is 0 Å². The molecule has 0 unspecified atom stereocenters. The van der Waals surface area contributed by atoms with Gasteiger partial charge < -0.3 is 9.47 Å². The number of ether oxygens (including phenoxy) is 2. The van der Waals surface area contributed by atoms with Gasteiger partial charge in [-0.3, -0.25) is 0 Å². The van der Waals surface area contributed by atoms with E-state index in [2.05, 4.69) is 0 Å². The summed E-state index contributed by atoms with van der Waals surface area (Å²) < 4.78 is 10.4. The van der Waals surface area contributed by atoms with Crippen LogP contribution in [-0.4, -0.2) is 22.1 Å². The Morgan fingerprint density at radius 1 is 1.08 bits per heavy atom. The van der Waals surface area contributed by atoms with Gasteiger partial charge in [0.15, 0.2) is 11.5 Å². The maximum atomic E-state index is 5.22. The fourth-order valence-electron chi connectivity index (χ4n) is 1.27. The van der Waals surface area contributed by atoms with Gasteiger partial charge in [-0.05, 0) is 17.9 Å². The number of benzene rings is 1. The molecule has 0 N–H and O–H groups in total. The average molecular weight is 164 g/mol. The van der Waals surface area contributed by atoms with Gasteiger partial charge in [-0.15, -0.1) is 0 Å². The molecule has 0 atom stereocenters. The highest BCUT2D eigenvalue weighted by Crippen LogP contribution is 2.27. The number of aryl methyl sites for hydroxylation is 1. The molecule has 0 aliphatic rings. The van der Waals surface area contributed by atoms with Crippen molar-refractivity contribution < 1.29 is 9.47 Å². The Morgan fingerprint density at radius 3 is 2.08 bits per heavy atom. The molecule has 3 heteroatoms. The molecule has 1 aromatic carbocycles. The van der Waals surface area contributed by atoms with Crippen molar-refractivity contribution >= 4 is 13.3 Å². The molecular formula is C9H13BO2. The zero-order valence-electron chi connectivity index (χ0n) is 7.97. The minimum Gasteiger partial charge on any atom is -0.493 e. The molecule has 0 amide bonds. The van der Waals surface area contributed by atoms with E-state index in [1.54, 1.807) is 14.2 Å². The highest BCUT2D eigenvalue weighted by Gasteiger charge is 2.08. The molecule has 0 aliphatic heterocycles. The van der Waals surface area contributed by atoms with Crippen LogP contribution in [0.2, 0.25) is 0 Å². The lowest BCUT2D eigenvalue weighted by molar-refractivity contribution is 0.355. The third kappa shape index (κ3) is 1.40. The van der Waals surface area contributed by atoms with Crippen molar-refractivity contribution in [3.63, 3.8) is 0 Å². The lowest BCUT2D eigenvalue weighted by Gasteiger charge is -2.12. The summed E-state index contributed by atoms with van der Waals surface area (Å²) in [5.41, 5.74) is 2.19. The Balaban J connectivity index is 3.28. The summed E-state index contributed by atoms with van der Waals surface area (Å²) in [5, 5.41) is 0. The van der Waals surface area contributed by atoms with Crippen LogP contribution in [0.4, 0.5) is 0 Å². The third-order valence-electron chi connectivity index (χ3n) is 1.91. The maximum absolute atomic E-state index is 5.22. The lowest BCUT2D eigenvalue weighted by Crippen LogP contribution is -2.09. The molecule has 0 radical (unpaired) electrons. The summed E-state index contributed by atoms with van der Waals surface area (Å²) in [6.45, 7) is 2.00. The standard InChI is InChI=1S/C9H13BO2/c1-6-4-5-7(10)9(12-3)8(6)11-2/h4-5H,10H2,1-3H3. The molecule has 0 fully saturated rings. The van der Waals surface area contributed by atoms with Crippen LogP contribution in [0.5, 0.6) is 11.5 Å². The SMILES string of the molecule is Bc1ccc(C)c(OC)c1OC. The fourth-order valence-corrected chi connectivity index (χ4v) is 1.27. The van der Waals surface area contributed by atoms with Crippen molar-refractivity contribution in [3.05, 3.63) is 17.7 Å². The zero-order chi connectivity index (χ0) is 9.14. The van der Waals surface area contributed by atoms with E-state index in [4.69, 9.17) is 9.47 Å². The highest BCUT2D eigenvalue weighted by atomic mass is 16.5. The molecular weight excluding hydrogens is 151 g/mol. The van der Waals surface area contributed by atoms with Crippen LogP contribution in [0.1, 0.15) is 5.56 Å². The summed E-state index contributed by atoms with van der Waals surface area (Å²) in [7, 11) is 5.31. The number of methoxy groups -OCH3 is 2. The Labute approximate surface area is 73.9 Å². The first-order chi connectivity index (χ1) is 5.70. The minimum atomic E-state index is 0.831. The predicted molar refractivity (Wildman–Crippen MR) is 52.5 cm³/mol. The van der Waals surface area contributed by atoms with Crippen molar-refractivity contribution in [2.24, 2.45) is 0 Å². The molecule has 0 spiro atoms. The second-order valence-corrected chi connectivity index (χ2v) is 2.77. The first-order valence-corrected chi connectivity index (χ1v) is 3.89. The first kappa shape index (κ1) is 8.98. The summed E-state index contributed by atoms with van der Waals surface area (Å²) in [6, 6.07) is 4.05. The monoisotopic (exact) mass is 164 g/mol. The van der Waals surface area contributed by atoms with Gasteiger partial charge in [0, 0.05) is 0 Å². The summed E-state index contributed by atoms with van der Waals surface area (Å²) >= 11 is 0. The second kappa shape index (κ2) is 3.52. The smallest absolute Gasteiger partial charge is 0.163 e. The zero-order valence-corrected chi connectivity index (χ0v) is 7.97. The van der Waals surface area contributed by atoms with Crippen molar-refractivity contribution in [3.8, 4) is 11.5 Å². The number of hydrogen-bond acceptors (Lipinski definition) is 2. The normalized spacial score (nSPS) is 9.58. The number of hydrogen-bond donors (Lipinski definition) is 0. The molecule has 2 nitrogen and oxygen atoms in total. The predicted octanol–water partition coefficient (Wildman–Crippen LogP) is 0.271. The lowest BCUT2D eigenvalue weighted by atomic mass is 9.93. The van der Waals surface area contributed by atoms with E-state index in [0.717, 1.165) is 22.5 Å². The van der Waals surface area contributed by atoms with Gasteiger partial charge in [0.25, 0.3) is 0 Å². The minimum absolute atomic E-state index is 0.831. The molecule has 0 heterocycles. The van der Waals surface area contributed by atoms with Crippen LogP contribution in [0, 0.1) is 6.92 Å². The molecule has 0 aliphatic carbocycles. The van der Waals surface area contributed by atoms with Gasteiger partial charge in [0.05, 0.1) is 14.2 Å². The molecule has 64 valence electrons. The van der Waals surface area contributed by atoms with Crippen LogP contribution >= 0.6 is 0 Å². The largest absolute Gasteiger partial charge is 0.493 e. The van der Waals surface area contributed by atoms with E-state index in [1.165, 1.54) is 0 Å². The van der Waals surface area contributed by atoms with E-state index in [9.17, 15) is 0 Å². The van der Waals surface area contributed by atoms with Gasteiger partial charge >= 0.3 is 0 Å². The van der Waals surface area contributed by atoms with E-state index < -0.39 is 0 Å². The van der Waals surface area contributed by atoms with Gasteiger partial charge in [-0.1, -0.05) is 12.1 Å². The summed E-state index contributed by atoms with van der Waals surface area (Å²) in [5.74, 6) is 1.66. The molecule has 0 saturated carbocycles. The van der Waals surface area contributed by atoms with Crippen LogP contribution in [0.25, 0.3) is 0 Å². The molecule has 12 heavy (non-hydrogen) atoms. The fraction of sp³-hybridized carbons (Fsp3) is 0.333. The van der Waals surface area contributed by atoms with Gasteiger partial charge in [0.1, 0.15) is 7.85 Å². The van der Waals surface area contributed by atoms with Crippen molar-refractivity contribution in [2.75, 3.05) is 14.2 Å². The Bertz CT molecular complexity index is 255. The molecule has 0 aromatic heterocycles. The molecule has 1 rings (SSSR count). The van der Waals surface area contributed by atoms with Crippen LogP contribution < -0.4 is 14.9 Å². The number of rotatable bonds is 2. The Kier molecular flexibility index (Phi) is 2.63. The highest BCUT2D eigenvalue weighted by molar-refractivity contribution is 6.34. The van der Waals surface area contributed by atoms with Gasteiger partial charge in [-0.25, -0.2) is 0 Å². The third-order valence-corrected chi connectivity index (χ3v) is 1.91. The first-order valence-electron chi connectivity index (χ1n) is 3.89.